The Kier molecular flexibility index (Phi) is 4.75. The molecule has 1 fully saturated rings. The van der Waals surface area contributed by atoms with E-state index in [1.54, 1.807) is 6.20 Å². The third-order valence-electron chi connectivity index (χ3n) is 3.07. The minimum atomic E-state index is 0.151. The van der Waals surface area contributed by atoms with E-state index >= 15 is 0 Å². The van der Waals surface area contributed by atoms with Crippen LogP contribution in [0.1, 0.15) is 33.6 Å². The summed E-state index contributed by atoms with van der Waals surface area (Å²) in [7, 11) is 0. The summed E-state index contributed by atoms with van der Waals surface area (Å²) >= 11 is 2.04. The van der Waals surface area contributed by atoms with Crippen molar-refractivity contribution in [2.75, 3.05) is 11.1 Å². The first-order valence-corrected chi connectivity index (χ1v) is 7.71. The van der Waals surface area contributed by atoms with E-state index in [-0.39, 0.29) is 6.10 Å². The van der Waals surface area contributed by atoms with Gasteiger partial charge in [0.15, 0.2) is 0 Å². The van der Waals surface area contributed by atoms with Gasteiger partial charge >= 0.3 is 0 Å². The second-order valence-corrected chi connectivity index (χ2v) is 6.48. The molecule has 0 radical (unpaired) electrons. The average molecular weight is 266 g/mol. The first-order valence-electron chi connectivity index (χ1n) is 6.66. The van der Waals surface area contributed by atoms with Gasteiger partial charge in [-0.15, -0.1) is 0 Å². The van der Waals surface area contributed by atoms with Gasteiger partial charge in [-0.2, -0.15) is 11.8 Å². The summed E-state index contributed by atoms with van der Waals surface area (Å²) in [5, 5.41) is 4.24. The van der Waals surface area contributed by atoms with Gasteiger partial charge in [0.05, 0.1) is 11.8 Å². The molecular formula is C14H22N2OS. The van der Waals surface area contributed by atoms with Crippen LogP contribution in [0.3, 0.4) is 0 Å². The molecule has 18 heavy (non-hydrogen) atoms. The van der Waals surface area contributed by atoms with Crippen molar-refractivity contribution in [1.82, 2.24) is 4.98 Å². The third-order valence-corrected chi connectivity index (χ3v) is 4.44. The molecule has 1 N–H and O–H groups in total. The summed E-state index contributed by atoms with van der Waals surface area (Å²) in [4.78, 5) is 4.32. The summed E-state index contributed by atoms with van der Waals surface area (Å²) in [5.74, 6) is 2.00. The monoisotopic (exact) mass is 266 g/mol. The van der Waals surface area contributed by atoms with Crippen LogP contribution >= 0.6 is 11.8 Å². The zero-order valence-corrected chi connectivity index (χ0v) is 12.2. The fraction of sp³-hybridized carbons (Fsp3) is 0.643. The van der Waals surface area contributed by atoms with E-state index < -0.39 is 0 Å². The third kappa shape index (κ3) is 3.55. The van der Waals surface area contributed by atoms with Crippen molar-refractivity contribution in [3.8, 4) is 5.88 Å². The van der Waals surface area contributed by atoms with Gasteiger partial charge in [0, 0.05) is 17.5 Å². The van der Waals surface area contributed by atoms with Crippen LogP contribution < -0.4 is 10.1 Å². The molecule has 0 saturated carbocycles. The minimum Gasteiger partial charge on any atom is -0.473 e. The van der Waals surface area contributed by atoms with Crippen molar-refractivity contribution >= 4 is 17.4 Å². The van der Waals surface area contributed by atoms with Gasteiger partial charge in [-0.3, -0.25) is 0 Å². The molecule has 2 atom stereocenters. The lowest BCUT2D eigenvalue weighted by Crippen LogP contribution is -2.33. The molecule has 2 unspecified atom stereocenters. The maximum atomic E-state index is 5.74. The lowest BCUT2D eigenvalue weighted by atomic mass is 10.1. The number of nitrogens with zero attached hydrogens (tertiary/aromatic N) is 1. The molecule has 0 bridgehead atoms. The number of rotatable bonds is 4. The van der Waals surface area contributed by atoms with Crippen molar-refractivity contribution < 1.29 is 4.74 Å². The first kappa shape index (κ1) is 13.5. The normalized spacial score (nSPS) is 24.0. The largest absolute Gasteiger partial charge is 0.473 e. The standard InChI is InChI=1S/C14H22N2OS/c1-10(2)17-14-13(6-4-8-15-14)16-12-7-5-9-18-11(12)3/h4,6,8,10-12,16H,5,7,9H2,1-3H3. The molecule has 1 aromatic rings. The van der Waals surface area contributed by atoms with Crippen LogP contribution in [0, 0.1) is 0 Å². The molecule has 0 spiro atoms. The van der Waals surface area contributed by atoms with Gasteiger partial charge in [-0.25, -0.2) is 4.98 Å². The molecule has 3 nitrogen and oxygen atoms in total. The first-order chi connectivity index (χ1) is 8.66. The van der Waals surface area contributed by atoms with E-state index in [2.05, 4.69) is 23.3 Å². The van der Waals surface area contributed by atoms with Gasteiger partial charge in [0.25, 0.3) is 0 Å². The Morgan fingerprint density at radius 2 is 2.33 bits per heavy atom. The van der Waals surface area contributed by atoms with E-state index in [9.17, 15) is 0 Å². The van der Waals surface area contributed by atoms with Gasteiger partial charge < -0.3 is 10.1 Å². The van der Waals surface area contributed by atoms with Crippen molar-refractivity contribution in [2.45, 2.75) is 51.0 Å². The molecule has 2 heterocycles. The van der Waals surface area contributed by atoms with Gasteiger partial charge in [-0.1, -0.05) is 6.92 Å². The lowest BCUT2D eigenvalue weighted by Gasteiger charge is -2.30. The Bertz CT molecular complexity index is 384. The number of pyridine rings is 1. The van der Waals surface area contributed by atoms with Gasteiger partial charge in [0.1, 0.15) is 0 Å². The number of anilines is 1. The molecule has 2 rings (SSSR count). The maximum absolute atomic E-state index is 5.74. The van der Waals surface area contributed by atoms with E-state index in [4.69, 9.17) is 4.74 Å². The molecule has 100 valence electrons. The Labute approximate surface area is 114 Å². The van der Waals surface area contributed by atoms with Crippen molar-refractivity contribution in [3.05, 3.63) is 18.3 Å². The number of aromatic nitrogens is 1. The molecule has 4 heteroatoms. The molecule has 0 aliphatic carbocycles. The highest BCUT2D eigenvalue weighted by Gasteiger charge is 2.22. The topological polar surface area (TPSA) is 34.1 Å². The Morgan fingerprint density at radius 3 is 3.06 bits per heavy atom. The number of thioether (sulfide) groups is 1. The van der Waals surface area contributed by atoms with Crippen molar-refractivity contribution in [2.24, 2.45) is 0 Å². The fourth-order valence-electron chi connectivity index (χ4n) is 2.13. The van der Waals surface area contributed by atoms with E-state index in [0.29, 0.717) is 11.3 Å². The SMILES string of the molecule is CC(C)Oc1ncccc1NC1CCCSC1C. The van der Waals surface area contributed by atoms with Crippen LogP contribution in [-0.2, 0) is 0 Å². The van der Waals surface area contributed by atoms with Crippen LogP contribution in [-0.4, -0.2) is 28.1 Å². The van der Waals surface area contributed by atoms with Crippen LogP contribution in [0.25, 0.3) is 0 Å². The molecular weight excluding hydrogens is 244 g/mol. The molecule has 1 aliphatic heterocycles. The lowest BCUT2D eigenvalue weighted by molar-refractivity contribution is 0.234. The van der Waals surface area contributed by atoms with Gasteiger partial charge in [-0.05, 0) is 44.6 Å². The second-order valence-electron chi connectivity index (χ2n) is 4.99. The quantitative estimate of drug-likeness (QED) is 0.903. The van der Waals surface area contributed by atoms with Crippen LogP contribution in [0.5, 0.6) is 5.88 Å². The number of nitrogens with one attached hydrogen (secondary N) is 1. The highest BCUT2D eigenvalue weighted by atomic mass is 32.2. The molecule has 1 aromatic heterocycles. The summed E-state index contributed by atoms with van der Waals surface area (Å²) in [6.45, 7) is 6.34. The van der Waals surface area contributed by atoms with Crippen molar-refractivity contribution in [3.63, 3.8) is 0 Å². The van der Waals surface area contributed by atoms with Crippen molar-refractivity contribution in [1.29, 1.82) is 0 Å². The average Bonchev–Trinajstić information content (AvgIpc) is 2.34. The number of hydrogen-bond donors (Lipinski definition) is 1. The highest BCUT2D eigenvalue weighted by molar-refractivity contribution is 8.00. The van der Waals surface area contributed by atoms with Crippen LogP contribution in [0.4, 0.5) is 5.69 Å². The molecule has 0 amide bonds. The number of hydrogen-bond acceptors (Lipinski definition) is 4. The van der Waals surface area contributed by atoms with E-state index in [1.165, 1.54) is 18.6 Å². The zero-order valence-electron chi connectivity index (χ0n) is 11.3. The predicted molar refractivity (Wildman–Crippen MR) is 78.6 cm³/mol. The predicted octanol–water partition coefficient (Wildman–Crippen LogP) is 3.56. The summed E-state index contributed by atoms with van der Waals surface area (Å²) in [5.41, 5.74) is 1.02. The van der Waals surface area contributed by atoms with E-state index in [1.807, 2.05) is 31.7 Å². The minimum absolute atomic E-state index is 0.151. The Hall–Kier alpha value is -0.900. The molecule has 1 saturated heterocycles. The van der Waals surface area contributed by atoms with Gasteiger partial charge in [0.2, 0.25) is 5.88 Å². The van der Waals surface area contributed by atoms with Crippen LogP contribution in [0.2, 0.25) is 0 Å². The molecule has 0 aromatic carbocycles. The Balaban J connectivity index is 2.07. The maximum Gasteiger partial charge on any atom is 0.237 e. The smallest absolute Gasteiger partial charge is 0.237 e. The Morgan fingerprint density at radius 1 is 1.50 bits per heavy atom. The summed E-state index contributed by atoms with van der Waals surface area (Å²) in [6, 6.07) is 4.52. The second kappa shape index (κ2) is 6.32. The zero-order chi connectivity index (χ0) is 13.0. The summed E-state index contributed by atoms with van der Waals surface area (Å²) < 4.78 is 5.74. The fourth-order valence-corrected chi connectivity index (χ4v) is 3.27. The van der Waals surface area contributed by atoms with E-state index in [0.717, 1.165) is 11.6 Å². The van der Waals surface area contributed by atoms with Crippen LogP contribution in [0.15, 0.2) is 18.3 Å². The number of ether oxygens (including phenoxy) is 1. The molecule has 1 aliphatic rings. The summed E-state index contributed by atoms with van der Waals surface area (Å²) in [6.07, 6.45) is 4.44. The highest BCUT2D eigenvalue weighted by Crippen LogP contribution is 2.30.